The molecule has 0 fully saturated rings. The number of rotatable bonds is 4. The number of carbonyl (C=O) groups excluding carboxylic acids is 1. The number of benzene rings is 1. The highest BCUT2D eigenvalue weighted by Crippen LogP contribution is 2.15. The Balaban J connectivity index is 1.86. The maximum absolute atomic E-state index is 12.5. The number of aromatic nitrogens is 5. The number of carbonyl (C=O) groups is 1. The van der Waals surface area contributed by atoms with Crippen molar-refractivity contribution in [3.63, 3.8) is 0 Å². The molecular formula is C14H14N8O2. The lowest BCUT2D eigenvalue weighted by Crippen LogP contribution is -2.23. The van der Waals surface area contributed by atoms with Crippen LogP contribution in [0.25, 0.3) is 5.82 Å². The minimum atomic E-state index is -0.504. The lowest BCUT2D eigenvalue weighted by Gasteiger charge is -2.04. The molecule has 24 heavy (non-hydrogen) atoms. The first-order chi connectivity index (χ1) is 11.6. The van der Waals surface area contributed by atoms with Crippen LogP contribution in [0.15, 0.2) is 40.1 Å². The van der Waals surface area contributed by atoms with Crippen molar-refractivity contribution in [2.24, 2.45) is 5.10 Å². The second-order valence-electron chi connectivity index (χ2n) is 4.91. The van der Waals surface area contributed by atoms with Crippen LogP contribution in [0, 0.1) is 6.92 Å². The highest BCUT2D eigenvalue weighted by Gasteiger charge is 2.22. The summed E-state index contributed by atoms with van der Waals surface area (Å²) in [6, 6.07) is 9.46. The number of nitrogens with zero attached hydrogens (tertiary/aromatic N) is 6. The predicted octanol–water partition coefficient (Wildman–Crippen LogP) is 0.695. The Bertz CT molecular complexity index is 897. The first-order valence-electron chi connectivity index (χ1n) is 6.98. The van der Waals surface area contributed by atoms with Gasteiger partial charge in [0.05, 0.1) is 11.4 Å². The molecule has 10 nitrogen and oxygen atoms in total. The maximum Gasteiger partial charge on any atom is 0.292 e. The lowest BCUT2D eigenvalue weighted by atomic mass is 10.1. The van der Waals surface area contributed by atoms with Crippen LogP contribution in [0.1, 0.15) is 28.7 Å². The standard InChI is InChI=1S/C14H14N8O2/c1-8(10-6-4-3-5-7-10)16-18-14(23)11-9(2)17-21-22(11)13-12(15)19-24-20-13/h3-7H,1-2H3,(H2,15,19)(H,18,23)/b16-8-. The summed E-state index contributed by atoms with van der Waals surface area (Å²) >= 11 is 0. The van der Waals surface area contributed by atoms with Crippen molar-refractivity contribution >= 4 is 17.4 Å². The van der Waals surface area contributed by atoms with Gasteiger partial charge in [-0.3, -0.25) is 4.79 Å². The third-order valence-electron chi connectivity index (χ3n) is 3.27. The summed E-state index contributed by atoms with van der Waals surface area (Å²) < 4.78 is 5.68. The molecular weight excluding hydrogens is 312 g/mol. The van der Waals surface area contributed by atoms with E-state index < -0.39 is 5.91 Å². The fourth-order valence-corrected chi connectivity index (χ4v) is 2.04. The Morgan fingerprint density at radius 2 is 2.04 bits per heavy atom. The minimum absolute atomic E-state index is 0.00193. The molecule has 10 heteroatoms. The molecule has 0 spiro atoms. The molecule has 0 bridgehead atoms. The van der Waals surface area contributed by atoms with Crippen LogP contribution in [0.5, 0.6) is 0 Å². The van der Waals surface area contributed by atoms with Crippen molar-refractivity contribution in [1.29, 1.82) is 0 Å². The number of aryl methyl sites for hydroxylation is 1. The van der Waals surface area contributed by atoms with Crippen LogP contribution >= 0.6 is 0 Å². The maximum atomic E-state index is 12.5. The number of amides is 1. The van der Waals surface area contributed by atoms with Crippen molar-refractivity contribution in [1.82, 2.24) is 30.7 Å². The molecule has 0 unspecified atom stereocenters. The zero-order valence-corrected chi connectivity index (χ0v) is 13.0. The summed E-state index contributed by atoms with van der Waals surface area (Å²) in [5, 5.41) is 18.9. The summed E-state index contributed by atoms with van der Waals surface area (Å²) in [6.45, 7) is 3.42. The van der Waals surface area contributed by atoms with Crippen molar-refractivity contribution in [3.05, 3.63) is 47.3 Å². The van der Waals surface area contributed by atoms with Crippen LogP contribution in [-0.2, 0) is 0 Å². The number of nitrogens with one attached hydrogen (secondary N) is 1. The second kappa shape index (κ2) is 6.28. The summed E-state index contributed by atoms with van der Waals surface area (Å²) in [5.74, 6) is -0.419. The molecule has 0 aliphatic heterocycles. The molecule has 0 radical (unpaired) electrons. The average Bonchev–Trinajstić information content (AvgIpc) is 3.18. The Hall–Kier alpha value is -3.56. The van der Waals surface area contributed by atoms with E-state index in [1.54, 1.807) is 13.8 Å². The normalized spacial score (nSPS) is 11.5. The second-order valence-corrected chi connectivity index (χ2v) is 4.91. The van der Waals surface area contributed by atoms with Gasteiger partial charge in [0.1, 0.15) is 0 Å². The van der Waals surface area contributed by atoms with Crippen LogP contribution in [0.2, 0.25) is 0 Å². The number of hydrazone groups is 1. The van der Waals surface area contributed by atoms with Crippen LogP contribution < -0.4 is 11.2 Å². The molecule has 3 aromatic rings. The van der Waals surface area contributed by atoms with E-state index in [-0.39, 0.29) is 17.3 Å². The Labute approximate surface area is 136 Å². The van der Waals surface area contributed by atoms with Gasteiger partial charge in [-0.05, 0) is 29.7 Å². The third-order valence-corrected chi connectivity index (χ3v) is 3.27. The summed E-state index contributed by atoms with van der Waals surface area (Å²) in [6.07, 6.45) is 0. The van der Waals surface area contributed by atoms with Gasteiger partial charge in [-0.15, -0.1) is 5.10 Å². The number of nitrogen functional groups attached to an aromatic ring is 1. The van der Waals surface area contributed by atoms with E-state index >= 15 is 0 Å². The van der Waals surface area contributed by atoms with Gasteiger partial charge in [0.2, 0.25) is 11.6 Å². The van der Waals surface area contributed by atoms with Gasteiger partial charge in [0.15, 0.2) is 5.69 Å². The molecule has 2 heterocycles. The third kappa shape index (κ3) is 2.84. The first-order valence-corrected chi connectivity index (χ1v) is 6.98. The molecule has 0 atom stereocenters. The van der Waals surface area contributed by atoms with Gasteiger partial charge in [0, 0.05) is 0 Å². The van der Waals surface area contributed by atoms with Gasteiger partial charge in [0.25, 0.3) is 5.91 Å². The highest BCUT2D eigenvalue weighted by molar-refractivity contribution is 6.00. The predicted molar refractivity (Wildman–Crippen MR) is 84.5 cm³/mol. The fraction of sp³-hybridized carbons (Fsp3) is 0.143. The summed E-state index contributed by atoms with van der Waals surface area (Å²) in [4.78, 5) is 12.5. The van der Waals surface area contributed by atoms with E-state index in [1.807, 2.05) is 30.3 Å². The quantitative estimate of drug-likeness (QED) is 0.531. The number of hydrogen-bond acceptors (Lipinski definition) is 8. The van der Waals surface area contributed by atoms with E-state index in [9.17, 15) is 4.79 Å². The van der Waals surface area contributed by atoms with Crippen molar-refractivity contribution < 1.29 is 9.42 Å². The molecule has 1 aromatic carbocycles. The van der Waals surface area contributed by atoms with Gasteiger partial charge in [-0.1, -0.05) is 35.5 Å². The van der Waals surface area contributed by atoms with E-state index in [4.69, 9.17) is 5.73 Å². The molecule has 0 aliphatic carbocycles. The van der Waals surface area contributed by atoms with Gasteiger partial charge < -0.3 is 5.73 Å². The highest BCUT2D eigenvalue weighted by atomic mass is 16.6. The molecule has 0 saturated heterocycles. The zero-order chi connectivity index (χ0) is 17.1. The molecule has 0 saturated carbocycles. The van der Waals surface area contributed by atoms with Gasteiger partial charge in [-0.25, -0.2) is 10.1 Å². The number of nitrogens with two attached hydrogens (primary N) is 1. The number of anilines is 1. The topological polar surface area (TPSA) is 137 Å². The molecule has 3 N–H and O–H groups in total. The first kappa shape index (κ1) is 15.3. The monoisotopic (exact) mass is 326 g/mol. The van der Waals surface area contributed by atoms with E-state index in [0.717, 1.165) is 10.2 Å². The average molecular weight is 326 g/mol. The van der Waals surface area contributed by atoms with E-state index in [1.165, 1.54) is 0 Å². The molecule has 122 valence electrons. The van der Waals surface area contributed by atoms with E-state index in [0.29, 0.717) is 11.4 Å². The Kier molecular flexibility index (Phi) is 4.01. The number of hydrogen-bond donors (Lipinski definition) is 2. The van der Waals surface area contributed by atoms with Crippen LogP contribution in [-0.4, -0.2) is 36.9 Å². The zero-order valence-electron chi connectivity index (χ0n) is 13.0. The molecule has 2 aromatic heterocycles. The van der Waals surface area contributed by atoms with Gasteiger partial charge >= 0.3 is 0 Å². The van der Waals surface area contributed by atoms with Crippen molar-refractivity contribution in [2.45, 2.75) is 13.8 Å². The summed E-state index contributed by atoms with van der Waals surface area (Å²) in [5.41, 5.74) is 10.2. The molecule has 1 amide bonds. The lowest BCUT2D eigenvalue weighted by molar-refractivity contribution is 0.0946. The largest absolute Gasteiger partial charge is 0.378 e. The Morgan fingerprint density at radius 1 is 1.29 bits per heavy atom. The van der Waals surface area contributed by atoms with Gasteiger partial charge in [-0.2, -0.15) is 9.78 Å². The van der Waals surface area contributed by atoms with Crippen molar-refractivity contribution in [2.75, 3.05) is 5.73 Å². The molecule has 3 rings (SSSR count). The Morgan fingerprint density at radius 3 is 2.71 bits per heavy atom. The minimum Gasteiger partial charge on any atom is -0.378 e. The van der Waals surface area contributed by atoms with Crippen LogP contribution in [0.3, 0.4) is 0 Å². The molecule has 0 aliphatic rings. The fourth-order valence-electron chi connectivity index (χ4n) is 2.04. The SMILES string of the molecule is C/C(=N/NC(=O)c1c(C)nnn1-c1nonc1N)c1ccccc1. The van der Waals surface area contributed by atoms with Crippen LogP contribution in [0.4, 0.5) is 5.82 Å². The summed E-state index contributed by atoms with van der Waals surface area (Å²) in [7, 11) is 0. The smallest absolute Gasteiger partial charge is 0.292 e. The van der Waals surface area contributed by atoms with E-state index in [2.05, 4.69) is 35.8 Å². The van der Waals surface area contributed by atoms with Crippen molar-refractivity contribution in [3.8, 4) is 5.82 Å².